The standard InChI is InChI=1S/C18H23N3OS/c1-13(22)14-2-4-16(5-3-14)21-11-17-15(6-9-23-17)10-18(21)20-8-7-19-12-20/h6-8,10-14,16,22H,2-5,9H2,1H3/t13-,14?,16?/m0/s1. The summed E-state index contributed by atoms with van der Waals surface area (Å²) < 4.78 is 2.11. The number of aromatic nitrogens is 2. The molecule has 23 heavy (non-hydrogen) atoms. The van der Waals surface area contributed by atoms with Gasteiger partial charge in [-0.25, -0.2) is 4.98 Å². The second kappa shape index (κ2) is 6.21. The van der Waals surface area contributed by atoms with Crippen LogP contribution in [0, 0.1) is 5.92 Å². The number of thioether (sulfide) groups is 1. The lowest BCUT2D eigenvalue weighted by molar-refractivity contribution is 0.0853. The van der Waals surface area contributed by atoms with Crippen LogP contribution in [0.2, 0.25) is 0 Å². The third-order valence-electron chi connectivity index (χ3n) is 5.22. The smallest absolute Gasteiger partial charge is 0.118 e. The molecule has 1 fully saturated rings. The predicted molar refractivity (Wildman–Crippen MR) is 94.4 cm³/mol. The van der Waals surface area contributed by atoms with Crippen molar-refractivity contribution >= 4 is 17.6 Å². The fraction of sp³-hybridized carbons (Fsp3) is 0.500. The predicted octanol–water partition coefficient (Wildman–Crippen LogP) is 3.45. The molecule has 0 saturated heterocycles. The lowest BCUT2D eigenvalue weighted by atomic mass is 9.82. The van der Waals surface area contributed by atoms with Crippen molar-refractivity contribution in [3.05, 3.63) is 47.6 Å². The van der Waals surface area contributed by atoms with Crippen LogP contribution in [0.15, 0.2) is 47.6 Å². The lowest BCUT2D eigenvalue weighted by Crippen LogP contribution is -2.37. The number of nitrogens with zero attached hydrogens (tertiary/aromatic N) is 3. The first-order valence-electron chi connectivity index (χ1n) is 8.44. The van der Waals surface area contributed by atoms with Crippen molar-refractivity contribution in [2.75, 3.05) is 5.75 Å². The Bertz CT molecular complexity index is 652. The number of aliphatic hydroxyl groups is 1. The van der Waals surface area contributed by atoms with Crippen molar-refractivity contribution in [3.63, 3.8) is 0 Å². The minimum Gasteiger partial charge on any atom is -0.393 e. The first-order valence-corrected chi connectivity index (χ1v) is 9.42. The normalized spacial score (nSPS) is 28.8. The number of imidazole rings is 1. The van der Waals surface area contributed by atoms with Gasteiger partial charge >= 0.3 is 0 Å². The Balaban J connectivity index is 1.60. The van der Waals surface area contributed by atoms with E-state index in [0.29, 0.717) is 12.0 Å². The summed E-state index contributed by atoms with van der Waals surface area (Å²) in [5, 5.41) is 9.84. The molecular weight excluding hydrogens is 306 g/mol. The molecule has 1 atom stereocenters. The van der Waals surface area contributed by atoms with Gasteiger partial charge in [-0.05, 0) is 50.2 Å². The van der Waals surface area contributed by atoms with Crippen LogP contribution in [-0.4, -0.2) is 37.5 Å². The Labute approximate surface area is 141 Å². The van der Waals surface area contributed by atoms with Crippen molar-refractivity contribution in [1.29, 1.82) is 0 Å². The Hall–Kier alpha value is -1.46. The van der Waals surface area contributed by atoms with Crippen LogP contribution in [0.3, 0.4) is 0 Å². The van der Waals surface area contributed by atoms with Crippen LogP contribution >= 0.6 is 11.8 Å². The second-order valence-electron chi connectivity index (χ2n) is 6.65. The first-order chi connectivity index (χ1) is 11.2. The second-order valence-corrected chi connectivity index (χ2v) is 7.71. The average Bonchev–Trinajstić information content (AvgIpc) is 3.24. The fourth-order valence-corrected chi connectivity index (χ4v) is 4.75. The van der Waals surface area contributed by atoms with Gasteiger partial charge in [-0.3, -0.25) is 4.57 Å². The van der Waals surface area contributed by atoms with E-state index in [1.54, 1.807) is 0 Å². The third kappa shape index (κ3) is 2.88. The van der Waals surface area contributed by atoms with E-state index in [1.165, 1.54) is 16.3 Å². The summed E-state index contributed by atoms with van der Waals surface area (Å²) in [5.74, 6) is 2.72. The minimum atomic E-state index is -0.181. The molecule has 122 valence electrons. The van der Waals surface area contributed by atoms with Gasteiger partial charge in [0.25, 0.3) is 0 Å². The van der Waals surface area contributed by atoms with Crippen LogP contribution in [0.4, 0.5) is 0 Å². The fourth-order valence-electron chi connectivity index (χ4n) is 3.81. The average molecular weight is 329 g/mol. The molecule has 5 heteroatoms. The summed E-state index contributed by atoms with van der Waals surface area (Å²) in [7, 11) is 0. The molecule has 1 aliphatic carbocycles. The van der Waals surface area contributed by atoms with Gasteiger partial charge in [0, 0.05) is 35.3 Å². The molecule has 1 N–H and O–H groups in total. The van der Waals surface area contributed by atoms with Gasteiger partial charge in [0.15, 0.2) is 0 Å². The maximum absolute atomic E-state index is 9.84. The van der Waals surface area contributed by atoms with E-state index < -0.39 is 0 Å². The van der Waals surface area contributed by atoms with E-state index in [9.17, 15) is 5.11 Å². The summed E-state index contributed by atoms with van der Waals surface area (Å²) in [6, 6.07) is 0.508. The molecule has 4 rings (SSSR count). The quantitative estimate of drug-likeness (QED) is 0.922. The monoisotopic (exact) mass is 329 g/mol. The molecule has 0 spiro atoms. The Morgan fingerprint density at radius 3 is 2.83 bits per heavy atom. The van der Waals surface area contributed by atoms with Crippen molar-refractivity contribution in [2.24, 2.45) is 5.92 Å². The molecule has 0 amide bonds. The zero-order valence-electron chi connectivity index (χ0n) is 13.4. The molecule has 3 aliphatic rings. The van der Waals surface area contributed by atoms with Crippen LogP contribution in [0.5, 0.6) is 0 Å². The van der Waals surface area contributed by atoms with Crippen molar-refractivity contribution in [2.45, 2.75) is 44.8 Å². The topological polar surface area (TPSA) is 41.3 Å². The number of hydrogen-bond acceptors (Lipinski definition) is 4. The molecule has 1 aromatic heterocycles. The highest BCUT2D eigenvalue weighted by atomic mass is 32.2. The van der Waals surface area contributed by atoms with Crippen LogP contribution in [-0.2, 0) is 0 Å². The van der Waals surface area contributed by atoms with Crippen LogP contribution in [0.1, 0.15) is 32.6 Å². The van der Waals surface area contributed by atoms with Crippen molar-refractivity contribution < 1.29 is 5.11 Å². The Kier molecular flexibility index (Phi) is 4.07. The number of rotatable bonds is 3. The zero-order chi connectivity index (χ0) is 15.8. The molecule has 3 heterocycles. The number of fused-ring (bicyclic) bond motifs is 1. The molecule has 0 unspecified atom stereocenters. The number of allylic oxidation sites excluding steroid dienone is 2. The van der Waals surface area contributed by atoms with Crippen LogP contribution in [0.25, 0.3) is 5.82 Å². The molecule has 1 saturated carbocycles. The summed E-state index contributed by atoms with van der Waals surface area (Å²) in [6.45, 7) is 1.93. The van der Waals surface area contributed by atoms with Crippen molar-refractivity contribution in [1.82, 2.24) is 14.5 Å². The van der Waals surface area contributed by atoms with Gasteiger partial charge in [-0.1, -0.05) is 6.08 Å². The van der Waals surface area contributed by atoms with Gasteiger partial charge in [0.05, 0.1) is 6.10 Å². The molecule has 2 aliphatic heterocycles. The zero-order valence-corrected chi connectivity index (χ0v) is 14.2. The first kappa shape index (κ1) is 15.1. The Morgan fingerprint density at radius 1 is 1.30 bits per heavy atom. The van der Waals surface area contributed by atoms with Gasteiger partial charge in [-0.2, -0.15) is 0 Å². The van der Waals surface area contributed by atoms with E-state index in [-0.39, 0.29) is 6.10 Å². The summed E-state index contributed by atoms with van der Waals surface area (Å²) in [5.41, 5.74) is 1.34. The van der Waals surface area contributed by atoms with Crippen LogP contribution < -0.4 is 0 Å². The Morgan fingerprint density at radius 2 is 2.13 bits per heavy atom. The van der Waals surface area contributed by atoms with Gasteiger partial charge in [0.1, 0.15) is 12.1 Å². The maximum atomic E-state index is 9.84. The SMILES string of the molecule is C[C@H](O)C1CCC(N2C=C3SCC=C3C=C2n2ccnc2)CC1. The molecule has 0 aromatic carbocycles. The number of aliphatic hydroxyl groups excluding tert-OH is 1. The summed E-state index contributed by atoms with van der Waals surface area (Å²) in [4.78, 5) is 8.03. The molecule has 0 radical (unpaired) electrons. The van der Waals surface area contributed by atoms with E-state index in [4.69, 9.17) is 0 Å². The summed E-state index contributed by atoms with van der Waals surface area (Å²) >= 11 is 1.92. The van der Waals surface area contributed by atoms with E-state index >= 15 is 0 Å². The summed E-state index contributed by atoms with van der Waals surface area (Å²) in [6.07, 6.45) is 16.9. The third-order valence-corrected chi connectivity index (χ3v) is 6.20. The van der Waals surface area contributed by atoms with E-state index in [0.717, 1.165) is 31.4 Å². The molecule has 4 nitrogen and oxygen atoms in total. The van der Waals surface area contributed by atoms with Gasteiger partial charge in [0.2, 0.25) is 0 Å². The maximum Gasteiger partial charge on any atom is 0.118 e. The largest absolute Gasteiger partial charge is 0.393 e. The molecule has 1 aromatic rings. The van der Waals surface area contributed by atoms with E-state index in [2.05, 4.69) is 32.8 Å². The molecule has 0 bridgehead atoms. The highest BCUT2D eigenvalue weighted by molar-refractivity contribution is 8.03. The lowest BCUT2D eigenvalue weighted by Gasteiger charge is -2.40. The van der Waals surface area contributed by atoms with Gasteiger partial charge < -0.3 is 10.0 Å². The number of hydrogen-bond donors (Lipinski definition) is 1. The highest BCUT2D eigenvalue weighted by Crippen LogP contribution is 2.41. The van der Waals surface area contributed by atoms with Crippen molar-refractivity contribution in [3.8, 4) is 0 Å². The van der Waals surface area contributed by atoms with E-state index in [1.807, 2.05) is 37.4 Å². The highest BCUT2D eigenvalue weighted by Gasteiger charge is 2.31. The minimum absolute atomic E-state index is 0.181. The molecular formula is C18H23N3OS. The van der Waals surface area contributed by atoms with Gasteiger partial charge in [-0.15, -0.1) is 11.8 Å².